The topological polar surface area (TPSA) is 13.1 Å². The molecule has 2 aromatic heterocycles. The van der Waals surface area contributed by atoms with Crippen LogP contribution in [0.25, 0.3) is 47.0 Å². The third-order valence-electron chi connectivity index (χ3n) is 12.8. The lowest BCUT2D eigenvalue weighted by atomic mass is 9.80. The summed E-state index contributed by atoms with van der Waals surface area (Å²) in [5.74, 6) is 0.870. The predicted molar refractivity (Wildman–Crippen MR) is 212 cm³/mol. The number of hydrogen-bond donors (Lipinski definition) is 0. The Bertz CT molecular complexity index is 2540. The van der Waals surface area contributed by atoms with E-state index in [1.165, 1.54) is 80.4 Å². The Kier molecular flexibility index (Phi) is 6.85. The molecule has 3 nitrogen and oxygen atoms in total. The second kappa shape index (κ2) is 11.8. The van der Waals surface area contributed by atoms with Gasteiger partial charge in [-0.2, -0.15) is 0 Å². The summed E-state index contributed by atoms with van der Waals surface area (Å²) in [7, 11) is 0. The average molecular weight is 664 g/mol. The minimum atomic E-state index is 0.320. The number of aromatic nitrogens is 2. The highest BCUT2D eigenvalue weighted by Gasteiger charge is 2.42. The van der Waals surface area contributed by atoms with Gasteiger partial charge in [0.1, 0.15) is 0 Å². The first-order valence-electron chi connectivity index (χ1n) is 19.5. The first kappa shape index (κ1) is 29.7. The molecule has 0 saturated heterocycles. The lowest BCUT2D eigenvalue weighted by molar-refractivity contribution is 0.269. The molecule has 0 saturated carbocycles. The number of rotatable bonds is 4. The first-order valence-corrected chi connectivity index (χ1v) is 19.5. The van der Waals surface area contributed by atoms with Gasteiger partial charge in [0.25, 0.3) is 0 Å². The summed E-state index contributed by atoms with van der Waals surface area (Å²) in [6.07, 6.45) is 43.1. The van der Waals surface area contributed by atoms with Crippen molar-refractivity contribution in [3.8, 4) is 5.69 Å². The highest BCUT2D eigenvalue weighted by Crippen LogP contribution is 2.46. The van der Waals surface area contributed by atoms with E-state index in [-0.39, 0.29) is 0 Å². The fourth-order valence-electron chi connectivity index (χ4n) is 10.6. The van der Waals surface area contributed by atoms with Crippen molar-refractivity contribution in [2.45, 2.75) is 75.9 Å². The maximum atomic E-state index is 2.78. The van der Waals surface area contributed by atoms with E-state index in [4.69, 9.17) is 0 Å². The van der Waals surface area contributed by atoms with Crippen LogP contribution in [0.15, 0.2) is 120 Å². The van der Waals surface area contributed by atoms with Gasteiger partial charge in [-0.15, -0.1) is 0 Å². The van der Waals surface area contributed by atoms with Crippen LogP contribution in [0.3, 0.4) is 0 Å². The van der Waals surface area contributed by atoms with E-state index in [0.717, 1.165) is 32.1 Å². The third-order valence-corrected chi connectivity index (χ3v) is 12.8. The van der Waals surface area contributed by atoms with E-state index in [0.29, 0.717) is 30.0 Å². The Balaban J connectivity index is 0.968. The Labute approximate surface area is 300 Å². The minimum Gasteiger partial charge on any atom is -0.357 e. The molecule has 7 aliphatic rings. The molecule has 5 atom stereocenters. The molecule has 51 heavy (non-hydrogen) atoms. The van der Waals surface area contributed by atoms with Gasteiger partial charge < -0.3 is 14.0 Å². The predicted octanol–water partition coefficient (Wildman–Crippen LogP) is 7.69. The molecule has 6 aliphatic carbocycles. The van der Waals surface area contributed by atoms with E-state index < -0.39 is 0 Å². The van der Waals surface area contributed by atoms with Gasteiger partial charge in [-0.3, -0.25) is 0 Å². The van der Waals surface area contributed by atoms with Crippen LogP contribution < -0.4 is 21.1 Å². The Morgan fingerprint density at radius 2 is 1.53 bits per heavy atom. The molecule has 0 amide bonds. The molecule has 0 fully saturated rings. The van der Waals surface area contributed by atoms with Crippen molar-refractivity contribution in [2.75, 3.05) is 0 Å². The van der Waals surface area contributed by atoms with Crippen LogP contribution in [0.5, 0.6) is 0 Å². The van der Waals surface area contributed by atoms with Gasteiger partial charge in [0.15, 0.2) is 0 Å². The van der Waals surface area contributed by atoms with Gasteiger partial charge in [0, 0.05) is 50.2 Å². The number of benzene rings is 2. The molecule has 1 aliphatic heterocycles. The highest BCUT2D eigenvalue weighted by molar-refractivity contribution is 5.84. The van der Waals surface area contributed by atoms with Crippen LogP contribution in [0.4, 0.5) is 0 Å². The third kappa shape index (κ3) is 4.56. The van der Waals surface area contributed by atoms with Gasteiger partial charge in [-0.1, -0.05) is 103 Å². The molecular formula is C48H45N3. The standard InChI is InChI=1S/C48H45N3/c1-3-13-34(14-4-1)49-43-20-10-7-17-37(43)40-29-32(23-26-46(40)49)33-24-27-47-41(30-33)38-18-8-12-22-45(38)51(47)36-25-28-48-42(31-36)39-19-9-11-21-44(39)50(48)35-15-5-2-6-16-35/h2-3,5-6,9-13,15-16,19-22,24,26-32,34,36,41,47H,1,4,7-8,14,17-18,23,25H2. The summed E-state index contributed by atoms with van der Waals surface area (Å²) in [5, 5.41) is 7.05. The fraction of sp³-hybridized carbons (Fsp3) is 0.292. The number of hydrogen-bond acceptors (Lipinski definition) is 1. The van der Waals surface area contributed by atoms with Crippen molar-refractivity contribution in [3.05, 3.63) is 152 Å². The van der Waals surface area contributed by atoms with Crippen LogP contribution in [-0.2, 0) is 6.42 Å². The zero-order valence-electron chi connectivity index (χ0n) is 29.3. The number of fused-ring (bicyclic) bond motifs is 8. The average Bonchev–Trinajstić information content (AvgIpc) is 3.83. The van der Waals surface area contributed by atoms with Gasteiger partial charge in [0.05, 0.1) is 23.6 Å². The van der Waals surface area contributed by atoms with Gasteiger partial charge >= 0.3 is 0 Å². The van der Waals surface area contributed by atoms with Crippen LogP contribution in [0.1, 0.15) is 68.7 Å². The maximum Gasteiger partial charge on any atom is 0.0583 e. The maximum absolute atomic E-state index is 2.78. The van der Waals surface area contributed by atoms with Crippen LogP contribution >= 0.6 is 0 Å². The van der Waals surface area contributed by atoms with E-state index in [1.54, 1.807) is 11.1 Å². The molecule has 0 spiro atoms. The van der Waals surface area contributed by atoms with Crippen molar-refractivity contribution >= 4 is 41.3 Å². The van der Waals surface area contributed by atoms with E-state index in [1.807, 2.05) is 0 Å². The first-order chi connectivity index (χ1) is 25.3. The molecular weight excluding hydrogens is 619 g/mol. The molecule has 2 aromatic carbocycles. The van der Waals surface area contributed by atoms with Crippen LogP contribution in [0.2, 0.25) is 0 Å². The molecule has 252 valence electrons. The van der Waals surface area contributed by atoms with E-state index >= 15 is 0 Å². The number of allylic oxidation sites excluding steroid dienone is 7. The summed E-state index contributed by atoms with van der Waals surface area (Å²) in [6.45, 7) is 0. The van der Waals surface area contributed by atoms with Gasteiger partial charge in [-0.25, -0.2) is 0 Å². The molecule has 0 N–H and O–H groups in total. The summed E-state index contributed by atoms with van der Waals surface area (Å²) >= 11 is 0. The van der Waals surface area contributed by atoms with Crippen molar-refractivity contribution in [3.63, 3.8) is 0 Å². The highest BCUT2D eigenvalue weighted by atomic mass is 15.2. The lowest BCUT2D eigenvalue weighted by Crippen LogP contribution is -2.44. The Morgan fingerprint density at radius 3 is 2.45 bits per heavy atom. The molecule has 4 aromatic rings. The van der Waals surface area contributed by atoms with E-state index in [2.05, 4.69) is 148 Å². The summed E-state index contributed by atoms with van der Waals surface area (Å²) in [5.41, 5.74) is 10.2. The van der Waals surface area contributed by atoms with E-state index in [9.17, 15) is 0 Å². The molecule has 3 heteroatoms. The zero-order chi connectivity index (χ0) is 33.5. The quantitative estimate of drug-likeness (QED) is 0.204. The van der Waals surface area contributed by atoms with Crippen molar-refractivity contribution < 1.29 is 0 Å². The molecule has 3 heterocycles. The number of nitrogens with zero attached hydrogens (tertiary/aromatic N) is 3. The largest absolute Gasteiger partial charge is 0.357 e. The SMILES string of the molecule is C1=CC(n2c3c(c4c2=CCC(C2=CC5C6=C(C=CCC6)N(C6C=c7c(n(-c8ccccc8)c8ccccc78)=CC6)C5C=C2)C=4)CCC=C3)CCC1. The molecule has 5 unspecified atom stereocenters. The zero-order valence-corrected chi connectivity index (χ0v) is 29.3. The normalized spacial score (nSPS) is 27.0. The van der Waals surface area contributed by atoms with Gasteiger partial charge in [-0.05, 0) is 110 Å². The fourth-order valence-corrected chi connectivity index (χ4v) is 10.6. The van der Waals surface area contributed by atoms with Crippen molar-refractivity contribution in [1.82, 2.24) is 14.0 Å². The second-order valence-corrected chi connectivity index (χ2v) is 15.6. The summed E-state index contributed by atoms with van der Waals surface area (Å²) in [6, 6.07) is 21.0. The van der Waals surface area contributed by atoms with Crippen molar-refractivity contribution in [2.24, 2.45) is 11.8 Å². The van der Waals surface area contributed by atoms with Crippen molar-refractivity contribution in [1.29, 1.82) is 0 Å². The minimum absolute atomic E-state index is 0.320. The second-order valence-electron chi connectivity index (χ2n) is 15.6. The monoisotopic (exact) mass is 663 g/mol. The lowest BCUT2D eigenvalue weighted by Gasteiger charge is -2.37. The smallest absolute Gasteiger partial charge is 0.0583 e. The van der Waals surface area contributed by atoms with Gasteiger partial charge in [0.2, 0.25) is 0 Å². The summed E-state index contributed by atoms with van der Waals surface area (Å²) in [4.78, 5) is 2.78. The molecule has 0 radical (unpaired) electrons. The Hall–Kier alpha value is -5.02. The van der Waals surface area contributed by atoms with Crippen LogP contribution in [-0.4, -0.2) is 26.1 Å². The molecule has 0 bridgehead atoms. The number of para-hydroxylation sites is 2. The Morgan fingerprint density at radius 1 is 0.667 bits per heavy atom. The van der Waals surface area contributed by atoms with Crippen LogP contribution in [0, 0.1) is 11.8 Å². The molecule has 11 rings (SSSR count). The summed E-state index contributed by atoms with van der Waals surface area (Å²) < 4.78 is 5.14.